The first kappa shape index (κ1) is 16.1. The van der Waals surface area contributed by atoms with Crippen LogP contribution in [0.1, 0.15) is 32.4 Å². The largest absolute Gasteiger partial charge is 0.395 e. The van der Waals surface area contributed by atoms with Crippen LogP contribution in [-0.2, 0) is 0 Å². The van der Waals surface area contributed by atoms with Crippen molar-refractivity contribution < 1.29 is 15.3 Å². The lowest BCUT2D eigenvalue weighted by molar-refractivity contribution is 0.00826. The third kappa shape index (κ3) is 2.38. The smallest absolute Gasteiger partial charge is 0.275 e. The molecule has 0 bridgehead atoms. The zero-order valence-electron chi connectivity index (χ0n) is 13.3. The van der Waals surface area contributed by atoms with Crippen molar-refractivity contribution in [2.75, 3.05) is 6.61 Å². The van der Waals surface area contributed by atoms with Crippen LogP contribution >= 0.6 is 0 Å². The Labute approximate surface area is 132 Å². The lowest BCUT2D eigenvalue weighted by Gasteiger charge is -2.40. The van der Waals surface area contributed by atoms with Crippen molar-refractivity contribution in [2.24, 2.45) is 0 Å². The van der Waals surface area contributed by atoms with E-state index in [2.05, 4.69) is 15.0 Å². The number of aromatic amines is 2. The van der Waals surface area contributed by atoms with Crippen LogP contribution in [0.3, 0.4) is 0 Å². The molecule has 3 rings (SSSR count). The first-order valence-corrected chi connectivity index (χ1v) is 7.57. The Morgan fingerprint density at radius 1 is 1.26 bits per heavy atom. The molecule has 0 spiro atoms. The van der Waals surface area contributed by atoms with E-state index in [0.717, 1.165) is 0 Å². The van der Waals surface area contributed by atoms with E-state index in [1.807, 2.05) is 25.7 Å². The van der Waals surface area contributed by atoms with Gasteiger partial charge >= 0.3 is 0 Å². The summed E-state index contributed by atoms with van der Waals surface area (Å²) < 4.78 is 0. The van der Waals surface area contributed by atoms with Gasteiger partial charge in [-0.1, -0.05) is 0 Å². The van der Waals surface area contributed by atoms with Crippen LogP contribution in [0.2, 0.25) is 0 Å². The summed E-state index contributed by atoms with van der Waals surface area (Å²) in [5.74, 6) is 0. The normalized spacial score (nSPS) is 29.5. The molecule has 3 heterocycles. The fourth-order valence-corrected chi connectivity index (χ4v) is 3.59. The highest BCUT2D eigenvalue weighted by Crippen LogP contribution is 2.42. The van der Waals surface area contributed by atoms with E-state index < -0.39 is 29.8 Å². The molecular formula is C15H22N4O4. The lowest BCUT2D eigenvalue weighted by Crippen LogP contribution is -2.49. The van der Waals surface area contributed by atoms with Gasteiger partial charge in [0.15, 0.2) is 0 Å². The SMILES string of the molecule is CC(C)(C)N1[C@H](CO)[C@@H](O)[C@@H](O)[C@@H]1c1c[nH]c2c(=O)[nH]cnc12. The molecule has 0 unspecified atom stereocenters. The highest BCUT2D eigenvalue weighted by atomic mass is 16.3. The van der Waals surface area contributed by atoms with E-state index in [1.165, 1.54) is 6.33 Å². The van der Waals surface area contributed by atoms with Gasteiger partial charge in [-0.25, -0.2) is 4.98 Å². The van der Waals surface area contributed by atoms with Gasteiger partial charge in [-0.3, -0.25) is 9.69 Å². The number of aromatic nitrogens is 3. The van der Waals surface area contributed by atoms with Crippen LogP contribution in [0.4, 0.5) is 0 Å². The number of aliphatic hydroxyl groups excluding tert-OH is 3. The highest BCUT2D eigenvalue weighted by molar-refractivity contribution is 5.78. The molecule has 8 nitrogen and oxygen atoms in total. The van der Waals surface area contributed by atoms with Gasteiger partial charge in [0.05, 0.1) is 31.1 Å². The van der Waals surface area contributed by atoms with Crippen molar-refractivity contribution in [3.63, 3.8) is 0 Å². The van der Waals surface area contributed by atoms with Gasteiger partial charge in [0.1, 0.15) is 17.1 Å². The number of hydrogen-bond donors (Lipinski definition) is 5. The van der Waals surface area contributed by atoms with E-state index in [4.69, 9.17) is 0 Å². The molecule has 0 amide bonds. The highest BCUT2D eigenvalue weighted by Gasteiger charge is 2.52. The van der Waals surface area contributed by atoms with E-state index in [1.54, 1.807) is 6.20 Å². The van der Waals surface area contributed by atoms with Crippen molar-refractivity contribution in [3.8, 4) is 0 Å². The zero-order chi connectivity index (χ0) is 16.9. The topological polar surface area (TPSA) is 125 Å². The van der Waals surface area contributed by atoms with Crippen LogP contribution < -0.4 is 5.56 Å². The number of nitrogens with one attached hydrogen (secondary N) is 2. The molecule has 0 aromatic carbocycles. The summed E-state index contributed by atoms with van der Waals surface area (Å²) in [4.78, 5) is 23.3. The molecule has 2 aromatic heterocycles. The quantitative estimate of drug-likeness (QED) is 0.507. The molecule has 1 fully saturated rings. The number of aliphatic hydroxyl groups is 3. The Bertz CT molecular complexity index is 763. The molecule has 8 heteroatoms. The van der Waals surface area contributed by atoms with Crippen LogP contribution in [-0.4, -0.2) is 65.6 Å². The number of nitrogens with zero attached hydrogens (tertiary/aromatic N) is 2. The van der Waals surface area contributed by atoms with E-state index in [0.29, 0.717) is 16.6 Å². The molecule has 1 saturated heterocycles. The molecule has 4 atom stereocenters. The average molecular weight is 322 g/mol. The summed E-state index contributed by atoms with van der Waals surface area (Å²) in [5.41, 5.74) is 0.698. The Balaban J connectivity index is 2.18. The van der Waals surface area contributed by atoms with Crippen LogP contribution in [0, 0.1) is 0 Å². The average Bonchev–Trinajstić information content (AvgIpc) is 3.00. The summed E-state index contributed by atoms with van der Waals surface area (Å²) in [6.45, 7) is 5.57. The molecule has 126 valence electrons. The van der Waals surface area contributed by atoms with Crippen LogP contribution in [0.25, 0.3) is 11.0 Å². The molecule has 0 aliphatic carbocycles. The van der Waals surface area contributed by atoms with Gasteiger partial charge in [0.2, 0.25) is 0 Å². The minimum Gasteiger partial charge on any atom is -0.395 e. The summed E-state index contributed by atoms with van der Waals surface area (Å²) in [6.07, 6.45) is 0.763. The predicted molar refractivity (Wildman–Crippen MR) is 83.9 cm³/mol. The first-order valence-electron chi connectivity index (χ1n) is 7.57. The molecule has 0 saturated carbocycles. The first-order chi connectivity index (χ1) is 10.8. The summed E-state index contributed by atoms with van der Waals surface area (Å²) >= 11 is 0. The van der Waals surface area contributed by atoms with Crippen molar-refractivity contribution in [2.45, 2.75) is 50.6 Å². The second kappa shape index (κ2) is 5.41. The summed E-state index contributed by atoms with van der Waals surface area (Å²) in [5, 5.41) is 30.6. The fraction of sp³-hybridized carbons (Fsp3) is 0.600. The Hall–Kier alpha value is -1.74. The van der Waals surface area contributed by atoms with Gasteiger partial charge < -0.3 is 25.3 Å². The molecule has 23 heavy (non-hydrogen) atoms. The Morgan fingerprint density at radius 2 is 1.96 bits per heavy atom. The Morgan fingerprint density at radius 3 is 2.57 bits per heavy atom. The molecule has 0 radical (unpaired) electrons. The minimum absolute atomic E-state index is 0.275. The number of fused-ring (bicyclic) bond motifs is 1. The van der Waals surface area contributed by atoms with Crippen molar-refractivity contribution >= 4 is 11.0 Å². The number of hydrogen-bond acceptors (Lipinski definition) is 6. The van der Waals surface area contributed by atoms with E-state index in [9.17, 15) is 20.1 Å². The molecule has 1 aliphatic heterocycles. The molecule has 2 aromatic rings. The maximum atomic E-state index is 11.9. The van der Waals surface area contributed by atoms with Crippen molar-refractivity contribution in [1.29, 1.82) is 0 Å². The number of H-pyrrole nitrogens is 2. The predicted octanol–water partition coefficient (Wildman–Crippen LogP) is -0.511. The monoisotopic (exact) mass is 322 g/mol. The van der Waals surface area contributed by atoms with E-state index in [-0.39, 0.29) is 12.2 Å². The third-order valence-electron chi connectivity index (χ3n) is 4.50. The van der Waals surface area contributed by atoms with E-state index >= 15 is 0 Å². The Kier molecular flexibility index (Phi) is 3.80. The zero-order valence-corrected chi connectivity index (χ0v) is 13.3. The summed E-state index contributed by atoms with van der Waals surface area (Å²) in [7, 11) is 0. The fourth-order valence-electron chi connectivity index (χ4n) is 3.59. The lowest BCUT2D eigenvalue weighted by atomic mass is 9.98. The van der Waals surface area contributed by atoms with Crippen molar-refractivity contribution in [3.05, 3.63) is 28.4 Å². The van der Waals surface area contributed by atoms with Gasteiger partial charge in [0, 0.05) is 17.3 Å². The second-order valence-corrected chi connectivity index (χ2v) is 6.95. The van der Waals surface area contributed by atoms with Crippen LogP contribution in [0.5, 0.6) is 0 Å². The number of rotatable bonds is 2. The minimum atomic E-state index is -1.09. The molecule has 1 aliphatic rings. The summed E-state index contributed by atoms with van der Waals surface area (Å²) in [6, 6.07) is -1.17. The second-order valence-electron chi connectivity index (χ2n) is 6.95. The van der Waals surface area contributed by atoms with Gasteiger partial charge in [0.25, 0.3) is 5.56 Å². The van der Waals surface area contributed by atoms with Gasteiger partial charge in [-0.2, -0.15) is 0 Å². The van der Waals surface area contributed by atoms with Crippen molar-refractivity contribution in [1.82, 2.24) is 19.9 Å². The standard InChI is InChI=1S/C15H22N4O4/c1-15(2,3)19-8(5-20)12(21)13(22)11(19)7-4-16-10-9(7)17-6-18-14(10)23/h4,6,8,11-13,16,20-22H,5H2,1-3H3,(H,17,18,23)/t8-,11+,12-,13+/m1/s1. The van der Waals surface area contributed by atoms with Crippen LogP contribution in [0.15, 0.2) is 17.3 Å². The maximum absolute atomic E-state index is 11.9. The molecule has 5 N–H and O–H groups in total. The molecular weight excluding hydrogens is 300 g/mol. The van der Waals surface area contributed by atoms with Gasteiger partial charge in [-0.15, -0.1) is 0 Å². The third-order valence-corrected chi connectivity index (χ3v) is 4.50. The maximum Gasteiger partial charge on any atom is 0.275 e. The van der Waals surface area contributed by atoms with Gasteiger partial charge in [-0.05, 0) is 20.8 Å². The number of likely N-dealkylation sites (tertiary alicyclic amines) is 1.